The molecule has 2 rings (SSSR count). The van der Waals surface area contributed by atoms with Gasteiger partial charge in [0.15, 0.2) is 0 Å². The first-order valence-electron chi connectivity index (χ1n) is 6.32. The molecule has 0 bridgehead atoms. The van der Waals surface area contributed by atoms with Crippen molar-refractivity contribution in [3.05, 3.63) is 29.8 Å². The van der Waals surface area contributed by atoms with Gasteiger partial charge < -0.3 is 10.0 Å². The number of hydrogen-bond donors (Lipinski definition) is 1. The molecule has 0 saturated heterocycles. The fourth-order valence-corrected chi connectivity index (χ4v) is 2.83. The van der Waals surface area contributed by atoms with Crippen molar-refractivity contribution < 1.29 is 14.7 Å². The monoisotopic (exact) mass is 279 g/mol. The number of carbonyl (C=O) groups is 2. The molecule has 1 aliphatic rings. The van der Waals surface area contributed by atoms with Crippen molar-refractivity contribution >= 4 is 29.3 Å². The normalized spacial score (nSPS) is 15.7. The predicted octanol–water partition coefficient (Wildman–Crippen LogP) is 2.17. The number of carboxylic acids is 1. The molecule has 1 aromatic carbocycles. The molecule has 5 heteroatoms. The van der Waals surface area contributed by atoms with Gasteiger partial charge in [0.1, 0.15) is 0 Å². The number of amides is 1. The van der Waals surface area contributed by atoms with E-state index in [4.69, 9.17) is 5.11 Å². The first kappa shape index (κ1) is 13.9. The van der Waals surface area contributed by atoms with Gasteiger partial charge in [-0.1, -0.05) is 18.2 Å². The van der Waals surface area contributed by atoms with Crippen LogP contribution in [0.3, 0.4) is 0 Å². The van der Waals surface area contributed by atoms with E-state index in [0.717, 1.165) is 25.1 Å². The minimum Gasteiger partial charge on any atom is -0.480 e. The second-order valence-electron chi connectivity index (χ2n) is 4.57. The van der Waals surface area contributed by atoms with E-state index in [1.165, 1.54) is 17.3 Å². The zero-order valence-corrected chi connectivity index (χ0v) is 11.7. The number of aliphatic carboxylic acids is 1. The summed E-state index contributed by atoms with van der Waals surface area (Å²) in [6.45, 7) is 2.32. The Morgan fingerprint density at radius 3 is 2.89 bits per heavy atom. The second-order valence-corrected chi connectivity index (χ2v) is 5.90. The molecule has 1 unspecified atom stereocenters. The van der Waals surface area contributed by atoms with Gasteiger partial charge in [-0.3, -0.25) is 9.59 Å². The Hall–Kier alpha value is -1.49. The number of fused-ring (bicyclic) bond motifs is 1. The number of aryl methyl sites for hydroxylation is 1. The van der Waals surface area contributed by atoms with Crippen LogP contribution in [0.5, 0.6) is 0 Å². The summed E-state index contributed by atoms with van der Waals surface area (Å²) in [6.07, 6.45) is 1.96. The van der Waals surface area contributed by atoms with E-state index in [1.54, 1.807) is 11.8 Å². The van der Waals surface area contributed by atoms with Gasteiger partial charge in [-0.15, -0.1) is 11.8 Å². The van der Waals surface area contributed by atoms with Gasteiger partial charge in [-0.2, -0.15) is 0 Å². The smallest absolute Gasteiger partial charge is 0.316 e. The van der Waals surface area contributed by atoms with Crippen LogP contribution in [0.25, 0.3) is 0 Å². The van der Waals surface area contributed by atoms with Gasteiger partial charge in [0.05, 0.1) is 11.0 Å². The van der Waals surface area contributed by atoms with Crippen molar-refractivity contribution in [2.75, 3.05) is 17.2 Å². The summed E-state index contributed by atoms with van der Waals surface area (Å²) >= 11 is 1.17. The highest BCUT2D eigenvalue weighted by Crippen LogP contribution is 2.27. The lowest BCUT2D eigenvalue weighted by atomic mass is 10.0. The minimum atomic E-state index is -0.878. The van der Waals surface area contributed by atoms with E-state index >= 15 is 0 Å². The van der Waals surface area contributed by atoms with Gasteiger partial charge >= 0.3 is 5.97 Å². The standard InChI is InChI=1S/C14H17NO3S/c1-10(14(17)18)19-9-13(16)15-8-4-6-11-5-2-3-7-12(11)15/h2-3,5,7,10H,4,6,8-9H2,1H3,(H,17,18). The maximum atomic E-state index is 12.2. The number of para-hydroxylation sites is 1. The number of nitrogens with zero attached hydrogens (tertiary/aromatic N) is 1. The molecule has 0 aliphatic carbocycles. The molecule has 0 radical (unpaired) electrons. The Kier molecular flexibility index (Phi) is 4.47. The fraction of sp³-hybridized carbons (Fsp3) is 0.429. The molecule has 1 amide bonds. The number of carboxylic acid groups (broad SMARTS) is 1. The van der Waals surface area contributed by atoms with Gasteiger partial charge in [0.2, 0.25) is 5.91 Å². The molecule has 102 valence electrons. The Bertz CT molecular complexity index is 489. The van der Waals surface area contributed by atoms with Crippen LogP contribution >= 0.6 is 11.8 Å². The van der Waals surface area contributed by atoms with Crippen LogP contribution in [-0.2, 0) is 16.0 Å². The topological polar surface area (TPSA) is 57.6 Å². The first-order valence-corrected chi connectivity index (χ1v) is 7.37. The molecule has 1 heterocycles. The number of rotatable bonds is 4. The summed E-state index contributed by atoms with van der Waals surface area (Å²) in [5, 5.41) is 8.27. The summed E-state index contributed by atoms with van der Waals surface area (Å²) < 4.78 is 0. The number of anilines is 1. The number of thioether (sulfide) groups is 1. The zero-order chi connectivity index (χ0) is 13.8. The zero-order valence-electron chi connectivity index (χ0n) is 10.8. The van der Waals surface area contributed by atoms with Crippen LogP contribution in [-0.4, -0.2) is 34.5 Å². The van der Waals surface area contributed by atoms with Crippen LogP contribution in [0.1, 0.15) is 18.9 Å². The lowest BCUT2D eigenvalue weighted by Crippen LogP contribution is -2.37. The second kappa shape index (κ2) is 6.10. The maximum Gasteiger partial charge on any atom is 0.316 e. The largest absolute Gasteiger partial charge is 0.480 e. The van der Waals surface area contributed by atoms with Crippen molar-refractivity contribution in [1.82, 2.24) is 0 Å². The van der Waals surface area contributed by atoms with E-state index in [0.29, 0.717) is 0 Å². The Balaban J connectivity index is 2.03. The van der Waals surface area contributed by atoms with Crippen LogP contribution in [0, 0.1) is 0 Å². The Morgan fingerprint density at radius 2 is 2.16 bits per heavy atom. The molecule has 0 spiro atoms. The Morgan fingerprint density at radius 1 is 1.42 bits per heavy atom. The average molecular weight is 279 g/mol. The third kappa shape index (κ3) is 3.29. The number of carbonyl (C=O) groups excluding carboxylic acids is 1. The van der Waals surface area contributed by atoms with Gasteiger partial charge in [0, 0.05) is 12.2 Å². The van der Waals surface area contributed by atoms with Crippen LogP contribution in [0.2, 0.25) is 0 Å². The lowest BCUT2D eigenvalue weighted by molar-refractivity contribution is -0.136. The van der Waals surface area contributed by atoms with Gasteiger partial charge in [-0.25, -0.2) is 0 Å². The maximum absolute atomic E-state index is 12.2. The molecular weight excluding hydrogens is 262 g/mol. The molecule has 1 aliphatic heterocycles. The molecule has 4 nitrogen and oxygen atoms in total. The van der Waals surface area contributed by atoms with Gasteiger partial charge in [0.25, 0.3) is 0 Å². The number of hydrogen-bond acceptors (Lipinski definition) is 3. The average Bonchev–Trinajstić information content (AvgIpc) is 2.43. The molecule has 19 heavy (non-hydrogen) atoms. The van der Waals surface area contributed by atoms with Crippen LogP contribution in [0.4, 0.5) is 5.69 Å². The quantitative estimate of drug-likeness (QED) is 0.917. The van der Waals surface area contributed by atoms with Crippen molar-refractivity contribution in [3.63, 3.8) is 0 Å². The molecule has 0 fully saturated rings. The van der Waals surface area contributed by atoms with E-state index in [-0.39, 0.29) is 11.7 Å². The van der Waals surface area contributed by atoms with Gasteiger partial charge in [-0.05, 0) is 31.4 Å². The van der Waals surface area contributed by atoms with Crippen molar-refractivity contribution in [2.45, 2.75) is 25.0 Å². The van der Waals surface area contributed by atoms with Crippen molar-refractivity contribution in [1.29, 1.82) is 0 Å². The third-order valence-corrected chi connectivity index (χ3v) is 4.33. The summed E-state index contributed by atoms with van der Waals surface area (Å²) in [5.41, 5.74) is 2.17. The molecule has 0 saturated carbocycles. The highest BCUT2D eigenvalue weighted by atomic mass is 32.2. The SMILES string of the molecule is CC(SCC(=O)N1CCCc2ccccc21)C(=O)O. The van der Waals surface area contributed by atoms with Crippen LogP contribution in [0.15, 0.2) is 24.3 Å². The summed E-state index contributed by atoms with van der Waals surface area (Å²) in [7, 11) is 0. The third-order valence-electron chi connectivity index (χ3n) is 3.22. The molecule has 0 aromatic heterocycles. The van der Waals surface area contributed by atoms with E-state index in [9.17, 15) is 9.59 Å². The van der Waals surface area contributed by atoms with E-state index in [1.807, 2.05) is 24.3 Å². The summed E-state index contributed by atoms with van der Waals surface area (Å²) in [6, 6.07) is 7.91. The summed E-state index contributed by atoms with van der Waals surface area (Å²) in [4.78, 5) is 24.7. The van der Waals surface area contributed by atoms with Crippen molar-refractivity contribution in [2.24, 2.45) is 0 Å². The fourth-order valence-electron chi connectivity index (χ4n) is 2.14. The first-order chi connectivity index (χ1) is 9.09. The highest BCUT2D eigenvalue weighted by molar-refractivity contribution is 8.01. The van der Waals surface area contributed by atoms with Crippen molar-refractivity contribution in [3.8, 4) is 0 Å². The van der Waals surface area contributed by atoms with E-state index < -0.39 is 11.2 Å². The predicted molar refractivity (Wildman–Crippen MR) is 76.7 cm³/mol. The highest BCUT2D eigenvalue weighted by Gasteiger charge is 2.23. The Labute approximate surface area is 116 Å². The molecule has 1 aromatic rings. The molecule has 1 atom stereocenters. The van der Waals surface area contributed by atoms with Crippen LogP contribution < -0.4 is 4.90 Å². The lowest BCUT2D eigenvalue weighted by Gasteiger charge is -2.29. The molecular formula is C14H17NO3S. The van der Waals surface area contributed by atoms with E-state index in [2.05, 4.69) is 0 Å². The summed E-state index contributed by atoms with van der Waals surface area (Å²) in [5.74, 6) is -0.677. The minimum absolute atomic E-state index is 0.00903. The molecule has 1 N–H and O–H groups in total. The number of benzene rings is 1.